The van der Waals surface area contributed by atoms with Crippen molar-refractivity contribution in [2.45, 2.75) is 11.2 Å². The molecule has 0 bridgehead atoms. The maximum Gasteiger partial charge on any atom is 0.317 e. The summed E-state index contributed by atoms with van der Waals surface area (Å²) in [5.41, 5.74) is 0.757. The van der Waals surface area contributed by atoms with Gasteiger partial charge >= 0.3 is 5.97 Å². The molecule has 0 aromatic heterocycles. The molecule has 0 radical (unpaired) electrons. The van der Waals surface area contributed by atoms with E-state index in [0.717, 1.165) is 4.90 Å². The van der Waals surface area contributed by atoms with Gasteiger partial charge in [-0.1, -0.05) is 28.1 Å². The zero-order chi connectivity index (χ0) is 13.3. The molecule has 2 amide bonds. The molecule has 1 aliphatic heterocycles. The molecule has 0 fully saturated rings. The lowest BCUT2D eigenvalue weighted by Crippen LogP contribution is -2.33. The Labute approximate surface area is 112 Å². The van der Waals surface area contributed by atoms with Crippen molar-refractivity contribution in [2.75, 3.05) is 6.54 Å². The smallest absolute Gasteiger partial charge is 0.317 e. The highest BCUT2D eigenvalue weighted by atomic mass is 79.9. The van der Waals surface area contributed by atoms with Crippen LogP contribution < -0.4 is 0 Å². The fraction of sp³-hybridized carbons (Fsp3) is 0.250. The van der Waals surface area contributed by atoms with Crippen LogP contribution in [0.4, 0.5) is 0 Å². The number of imide groups is 1. The van der Waals surface area contributed by atoms with E-state index in [2.05, 4.69) is 15.9 Å². The summed E-state index contributed by atoms with van der Waals surface area (Å²) in [6, 6.07) is 6.58. The average molecular weight is 312 g/mol. The second-order valence-electron chi connectivity index (χ2n) is 3.90. The first-order valence-corrected chi connectivity index (χ1v) is 6.26. The van der Waals surface area contributed by atoms with E-state index < -0.39 is 10.8 Å². The van der Waals surface area contributed by atoms with Crippen LogP contribution in [0.1, 0.15) is 27.1 Å². The number of carboxylic acid groups (broad SMARTS) is 1. The van der Waals surface area contributed by atoms with E-state index >= 15 is 0 Å². The first-order chi connectivity index (χ1) is 8.52. The predicted octanol–water partition coefficient (Wildman–Crippen LogP) is 1.52. The summed E-state index contributed by atoms with van der Waals surface area (Å²) in [7, 11) is 0. The number of rotatable bonds is 4. The van der Waals surface area contributed by atoms with Gasteiger partial charge in [0.2, 0.25) is 0 Å². The SMILES string of the molecule is O=C(O)[C@@H](Br)CCN1C(=O)c2ccccc2C1=O. The zero-order valence-corrected chi connectivity index (χ0v) is 10.9. The summed E-state index contributed by atoms with van der Waals surface area (Å²) in [6.07, 6.45) is 0.181. The quantitative estimate of drug-likeness (QED) is 0.676. The third-order valence-corrected chi connectivity index (χ3v) is 3.60. The van der Waals surface area contributed by atoms with E-state index in [1.165, 1.54) is 0 Å². The van der Waals surface area contributed by atoms with Crippen LogP contribution in [0.5, 0.6) is 0 Å². The van der Waals surface area contributed by atoms with Crippen LogP contribution in [0.3, 0.4) is 0 Å². The van der Waals surface area contributed by atoms with E-state index in [-0.39, 0.29) is 24.8 Å². The van der Waals surface area contributed by atoms with Crippen LogP contribution in [0.2, 0.25) is 0 Å². The monoisotopic (exact) mass is 311 g/mol. The minimum Gasteiger partial charge on any atom is -0.480 e. The third kappa shape index (κ3) is 2.15. The van der Waals surface area contributed by atoms with E-state index in [9.17, 15) is 14.4 Å². The molecule has 1 aromatic carbocycles. The van der Waals surface area contributed by atoms with Crippen molar-refractivity contribution in [3.05, 3.63) is 35.4 Å². The van der Waals surface area contributed by atoms with Crippen LogP contribution in [0.15, 0.2) is 24.3 Å². The summed E-state index contributed by atoms with van der Waals surface area (Å²) in [6.45, 7) is 0.0918. The number of aliphatic carboxylic acids is 1. The van der Waals surface area contributed by atoms with Gasteiger partial charge in [-0.05, 0) is 18.6 Å². The lowest BCUT2D eigenvalue weighted by molar-refractivity contribution is -0.136. The molecule has 18 heavy (non-hydrogen) atoms. The van der Waals surface area contributed by atoms with Crippen LogP contribution in [0.25, 0.3) is 0 Å². The number of benzene rings is 1. The molecule has 1 atom stereocenters. The van der Waals surface area contributed by atoms with Crippen LogP contribution >= 0.6 is 15.9 Å². The molecule has 5 nitrogen and oxygen atoms in total. The highest BCUT2D eigenvalue weighted by molar-refractivity contribution is 9.10. The number of hydrogen-bond donors (Lipinski definition) is 1. The molecule has 2 rings (SSSR count). The van der Waals surface area contributed by atoms with Crippen LogP contribution in [-0.2, 0) is 4.79 Å². The fourth-order valence-electron chi connectivity index (χ4n) is 1.81. The van der Waals surface area contributed by atoms with E-state index in [4.69, 9.17) is 5.11 Å². The van der Waals surface area contributed by atoms with Crippen molar-refractivity contribution >= 4 is 33.7 Å². The molecule has 1 aliphatic rings. The van der Waals surface area contributed by atoms with E-state index in [1.54, 1.807) is 24.3 Å². The Morgan fingerprint density at radius 1 is 1.22 bits per heavy atom. The van der Waals surface area contributed by atoms with Gasteiger partial charge in [0.1, 0.15) is 4.83 Å². The molecular formula is C12H10BrNO4. The van der Waals surface area contributed by atoms with Gasteiger partial charge in [0.15, 0.2) is 0 Å². The van der Waals surface area contributed by atoms with Gasteiger partial charge in [-0.3, -0.25) is 19.3 Å². The van der Waals surface area contributed by atoms with Crippen molar-refractivity contribution in [3.8, 4) is 0 Å². The summed E-state index contributed by atoms with van der Waals surface area (Å²) in [4.78, 5) is 34.8. The Morgan fingerprint density at radius 3 is 2.17 bits per heavy atom. The number of amides is 2. The second kappa shape index (κ2) is 4.89. The van der Waals surface area contributed by atoms with Crippen molar-refractivity contribution in [1.82, 2.24) is 4.90 Å². The molecule has 0 saturated carbocycles. The number of fused-ring (bicyclic) bond motifs is 1. The molecular weight excluding hydrogens is 302 g/mol. The second-order valence-corrected chi connectivity index (χ2v) is 5.01. The minimum absolute atomic E-state index is 0.0918. The summed E-state index contributed by atoms with van der Waals surface area (Å²) in [5.74, 6) is -1.73. The van der Waals surface area contributed by atoms with Gasteiger partial charge in [-0.25, -0.2) is 0 Å². The number of nitrogens with zero attached hydrogens (tertiary/aromatic N) is 1. The number of halogens is 1. The molecule has 0 saturated heterocycles. The molecule has 1 heterocycles. The van der Waals surface area contributed by atoms with Crippen molar-refractivity contribution in [2.24, 2.45) is 0 Å². The number of carbonyl (C=O) groups is 3. The molecule has 1 N–H and O–H groups in total. The Balaban J connectivity index is 2.12. The first kappa shape index (κ1) is 12.8. The van der Waals surface area contributed by atoms with Gasteiger partial charge in [-0.15, -0.1) is 0 Å². The first-order valence-electron chi connectivity index (χ1n) is 5.34. The van der Waals surface area contributed by atoms with Gasteiger partial charge in [0.05, 0.1) is 11.1 Å². The Hall–Kier alpha value is -1.69. The summed E-state index contributed by atoms with van der Waals surface area (Å²) >= 11 is 2.98. The molecule has 0 aliphatic carbocycles. The Kier molecular flexibility index (Phi) is 3.47. The largest absolute Gasteiger partial charge is 0.480 e. The lowest BCUT2D eigenvalue weighted by Gasteiger charge is -2.14. The third-order valence-electron chi connectivity index (χ3n) is 2.75. The predicted molar refractivity (Wildman–Crippen MR) is 66.8 cm³/mol. The van der Waals surface area contributed by atoms with Gasteiger partial charge in [0, 0.05) is 6.54 Å². The molecule has 1 aromatic rings. The minimum atomic E-state index is -1.01. The number of carboxylic acids is 1. The number of hydrogen-bond acceptors (Lipinski definition) is 3. The molecule has 94 valence electrons. The molecule has 0 spiro atoms. The van der Waals surface area contributed by atoms with Gasteiger partial charge < -0.3 is 5.11 Å². The summed E-state index contributed by atoms with van der Waals surface area (Å²) in [5, 5.41) is 8.73. The normalized spacial score (nSPS) is 15.7. The van der Waals surface area contributed by atoms with E-state index in [0.29, 0.717) is 11.1 Å². The Bertz CT molecular complexity index is 494. The fourth-order valence-corrected chi connectivity index (χ4v) is 2.01. The standard InChI is InChI=1S/C12H10BrNO4/c13-9(12(17)18)5-6-14-10(15)7-3-1-2-4-8(7)11(14)16/h1-4,9H,5-6H2,(H,17,18)/t9-/m0/s1. The van der Waals surface area contributed by atoms with Gasteiger partial charge in [-0.2, -0.15) is 0 Å². The maximum absolute atomic E-state index is 11.9. The average Bonchev–Trinajstić information content (AvgIpc) is 2.60. The zero-order valence-electron chi connectivity index (χ0n) is 9.30. The Morgan fingerprint density at radius 2 is 1.72 bits per heavy atom. The number of carbonyl (C=O) groups excluding carboxylic acids is 2. The van der Waals surface area contributed by atoms with Crippen molar-refractivity contribution in [3.63, 3.8) is 0 Å². The molecule has 6 heteroatoms. The number of alkyl halides is 1. The van der Waals surface area contributed by atoms with Gasteiger partial charge in [0.25, 0.3) is 11.8 Å². The molecule has 0 unspecified atom stereocenters. The maximum atomic E-state index is 11.9. The topological polar surface area (TPSA) is 74.7 Å². The lowest BCUT2D eigenvalue weighted by atomic mass is 10.1. The van der Waals surface area contributed by atoms with E-state index in [1.807, 2.05) is 0 Å². The highest BCUT2D eigenvalue weighted by Crippen LogP contribution is 2.23. The van der Waals surface area contributed by atoms with Crippen molar-refractivity contribution in [1.29, 1.82) is 0 Å². The van der Waals surface area contributed by atoms with Crippen LogP contribution in [-0.4, -0.2) is 39.2 Å². The van der Waals surface area contributed by atoms with Crippen molar-refractivity contribution < 1.29 is 19.5 Å². The van der Waals surface area contributed by atoms with Crippen LogP contribution in [0, 0.1) is 0 Å². The summed E-state index contributed by atoms with van der Waals surface area (Å²) < 4.78 is 0. The highest BCUT2D eigenvalue weighted by Gasteiger charge is 2.35.